The van der Waals surface area contributed by atoms with Crippen molar-refractivity contribution in [1.29, 1.82) is 0 Å². The molecule has 0 amide bonds. The number of fused-ring (bicyclic) bond motifs is 1. The van der Waals surface area contributed by atoms with Gasteiger partial charge in [0.2, 0.25) is 0 Å². The zero-order chi connectivity index (χ0) is 26.6. The quantitative estimate of drug-likeness (QED) is 0.241. The smallest absolute Gasteiger partial charge is 0.188 e. The highest BCUT2D eigenvalue weighted by Crippen LogP contribution is 2.48. The summed E-state index contributed by atoms with van der Waals surface area (Å²) in [5.74, 6) is 1.75. The van der Waals surface area contributed by atoms with Gasteiger partial charge in [-0.05, 0) is 61.2 Å². The van der Waals surface area contributed by atoms with Crippen LogP contribution in [-0.4, -0.2) is 43.1 Å². The van der Waals surface area contributed by atoms with Crippen LogP contribution < -0.4 is 14.2 Å². The fourth-order valence-corrected chi connectivity index (χ4v) is 4.88. The Morgan fingerprint density at radius 3 is 2.33 bits per heavy atom. The van der Waals surface area contributed by atoms with Crippen LogP contribution >= 0.6 is 0 Å². The number of ether oxygens (including phenoxy) is 3. The number of benzene rings is 2. The zero-order valence-corrected chi connectivity index (χ0v) is 23.8. The molecule has 2 aromatic rings. The molecule has 6 nitrogen and oxygen atoms in total. The number of hydrogen-bond acceptors (Lipinski definition) is 6. The minimum absolute atomic E-state index is 0.106. The van der Waals surface area contributed by atoms with E-state index in [4.69, 9.17) is 14.2 Å². The standard InChI is InChI=1S/C29H44O6Si/c1-7-9-15-33-22-12-13-23-25(18-22)35-20-29(31,27(23)30)24-14-11-21(17-26(24)34-16-10-8-2)19-28(3,4)36(5,6)32/h11-14,17-18,27,30-32H,7-10,15-16,19-20H2,1-6H3/t27-,29-/m1/s1. The van der Waals surface area contributed by atoms with Crippen LogP contribution in [0.5, 0.6) is 17.2 Å². The molecule has 0 fully saturated rings. The second-order valence-corrected chi connectivity index (χ2v) is 15.6. The van der Waals surface area contributed by atoms with Crippen molar-refractivity contribution in [2.75, 3.05) is 19.8 Å². The second kappa shape index (κ2) is 11.5. The van der Waals surface area contributed by atoms with E-state index < -0.39 is 20.0 Å². The fourth-order valence-electron chi connectivity index (χ4n) is 4.25. The molecule has 0 radical (unpaired) electrons. The fraction of sp³-hybridized carbons (Fsp3) is 0.586. The van der Waals surface area contributed by atoms with Crippen LogP contribution in [0.2, 0.25) is 18.1 Å². The lowest BCUT2D eigenvalue weighted by Gasteiger charge is -2.39. The van der Waals surface area contributed by atoms with E-state index in [1.807, 2.05) is 31.3 Å². The summed E-state index contributed by atoms with van der Waals surface area (Å²) < 4.78 is 17.9. The van der Waals surface area contributed by atoms with Gasteiger partial charge in [-0.15, -0.1) is 0 Å². The summed E-state index contributed by atoms with van der Waals surface area (Å²) in [7, 11) is -2.40. The van der Waals surface area contributed by atoms with Crippen molar-refractivity contribution in [2.24, 2.45) is 0 Å². The van der Waals surface area contributed by atoms with Gasteiger partial charge in [0.1, 0.15) is 30.0 Å². The molecule has 1 heterocycles. The Labute approximate surface area is 217 Å². The number of aliphatic hydroxyl groups excluding tert-OH is 1. The van der Waals surface area contributed by atoms with Gasteiger partial charge in [0.25, 0.3) is 0 Å². The third kappa shape index (κ3) is 6.25. The molecule has 3 rings (SSSR count). The minimum Gasteiger partial charge on any atom is -0.493 e. The van der Waals surface area contributed by atoms with Crippen molar-refractivity contribution >= 4 is 8.32 Å². The third-order valence-electron chi connectivity index (χ3n) is 7.52. The van der Waals surface area contributed by atoms with Gasteiger partial charge in [-0.2, -0.15) is 0 Å². The lowest BCUT2D eigenvalue weighted by molar-refractivity contribution is -0.122. The molecule has 1 aliphatic rings. The number of aliphatic hydroxyl groups is 2. The average Bonchev–Trinajstić information content (AvgIpc) is 2.81. The van der Waals surface area contributed by atoms with Gasteiger partial charge in [-0.25, -0.2) is 0 Å². The molecule has 2 atom stereocenters. The van der Waals surface area contributed by atoms with E-state index >= 15 is 0 Å². The average molecular weight is 517 g/mol. The van der Waals surface area contributed by atoms with Gasteiger partial charge in [-0.3, -0.25) is 0 Å². The summed E-state index contributed by atoms with van der Waals surface area (Å²) in [6.07, 6.45) is 3.38. The van der Waals surface area contributed by atoms with E-state index in [9.17, 15) is 15.0 Å². The molecular formula is C29H44O6Si. The van der Waals surface area contributed by atoms with Crippen molar-refractivity contribution in [3.8, 4) is 17.2 Å². The molecule has 200 valence electrons. The molecule has 0 aromatic heterocycles. The van der Waals surface area contributed by atoms with Crippen LogP contribution in [0.15, 0.2) is 36.4 Å². The predicted octanol–water partition coefficient (Wildman–Crippen LogP) is 5.88. The first-order chi connectivity index (χ1) is 16.9. The maximum atomic E-state index is 11.8. The first kappa shape index (κ1) is 28.5. The Morgan fingerprint density at radius 1 is 1.03 bits per heavy atom. The van der Waals surface area contributed by atoms with E-state index in [-0.39, 0.29) is 11.6 Å². The highest BCUT2D eigenvalue weighted by atomic mass is 28.4. The van der Waals surface area contributed by atoms with Gasteiger partial charge >= 0.3 is 0 Å². The molecule has 0 aliphatic carbocycles. The highest BCUT2D eigenvalue weighted by Gasteiger charge is 2.46. The maximum Gasteiger partial charge on any atom is 0.188 e. The van der Waals surface area contributed by atoms with Crippen LogP contribution in [0.25, 0.3) is 0 Å². The Balaban J connectivity index is 1.93. The first-order valence-electron chi connectivity index (χ1n) is 13.2. The molecule has 0 spiro atoms. The van der Waals surface area contributed by atoms with Crippen molar-refractivity contribution in [3.05, 3.63) is 53.1 Å². The van der Waals surface area contributed by atoms with Crippen molar-refractivity contribution < 1.29 is 29.2 Å². The van der Waals surface area contributed by atoms with E-state index in [1.165, 1.54) is 0 Å². The first-order valence-corrected chi connectivity index (χ1v) is 16.2. The molecular weight excluding hydrogens is 472 g/mol. The molecule has 2 aromatic carbocycles. The van der Waals surface area contributed by atoms with Gasteiger partial charge in [0.05, 0.1) is 13.2 Å². The minimum atomic E-state index is -2.40. The lowest BCUT2D eigenvalue weighted by Crippen LogP contribution is -2.43. The van der Waals surface area contributed by atoms with E-state index in [2.05, 4.69) is 27.7 Å². The molecule has 0 unspecified atom stereocenters. The van der Waals surface area contributed by atoms with Gasteiger partial charge in [-0.1, -0.05) is 52.7 Å². The zero-order valence-electron chi connectivity index (χ0n) is 22.8. The summed E-state index contributed by atoms with van der Waals surface area (Å²) >= 11 is 0. The SMILES string of the molecule is CCCCOc1ccc2c(c1)OC[C@@](O)(c1ccc(CC(C)(C)[Si](C)(C)O)cc1OCCCC)[C@@H]2O. The molecule has 7 heteroatoms. The molecule has 0 bridgehead atoms. The summed E-state index contributed by atoms with van der Waals surface area (Å²) in [6.45, 7) is 13.3. The van der Waals surface area contributed by atoms with E-state index in [1.54, 1.807) is 18.2 Å². The topological polar surface area (TPSA) is 88.4 Å². The maximum absolute atomic E-state index is 11.8. The van der Waals surface area contributed by atoms with Crippen LogP contribution in [0.3, 0.4) is 0 Å². The summed E-state index contributed by atoms with van der Waals surface area (Å²) in [4.78, 5) is 10.8. The monoisotopic (exact) mass is 516 g/mol. The Morgan fingerprint density at radius 2 is 1.69 bits per heavy atom. The van der Waals surface area contributed by atoms with E-state index in [0.717, 1.165) is 31.2 Å². The number of unbranched alkanes of at least 4 members (excludes halogenated alkanes) is 2. The third-order valence-corrected chi connectivity index (χ3v) is 11.0. The van der Waals surface area contributed by atoms with Gasteiger partial charge in [0, 0.05) is 17.2 Å². The summed E-state index contributed by atoms with van der Waals surface area (Å²) in [5.41, 5.74) is 0.374. The van der Waals surface area contributed by atoms with Crippen molar-refractivity contribution in [1.82, 2.24) is 0 Å². The van der Waals surface area contributed by atoms with Crippen LogP contribution in [0.1, 0.15) is 76.2 Å². The number of hydrogen-bond donors (Lipinski definition) is 3. The van der Waals surface area contributed by atoms with Gasteiger partial charge in [0.15, 0.2) is 13.9 Å². The summed E-state index contributed by atoms with van der Waals surface area (Å²) in [5, 5.41) is 22.9. The second-order valence-electron chi connectivity index (χ2n) is 11.2. The highest BCUT2D eigenvalue weighted by molar-refractivity contribution is 6.72. The van der Waals surface area contributed by atoms with Crippen LogP contribution in [-0.2, 0) is 12.0 Å². The van der Waals surface area contributed by atoms with E-state index in [0.29, 0.717) is 48.0 Å². The number of rotatable bonds is 12. The normalized spacial score (nSPS) is 20.0. The molecule has 0 saturated carbocycles. The van der Waals surface area contributed by atoms with Crippen molar-refractivity contribution in [2.45, 2.75) is 89.6 Å². The largest absolute Gasteiger partial charge is 0.493 e. The molecule has 1 aliphatic heterocycles. The Kier molecular flexibility index (Phi) is 9.14. The molecule has 36 heavy (non-hydrogen) atoms. The Hall–Kier alpha value is -2.06. The van der Waals surface area contributed by atoms with Gasteiger partial charge < -0.3 is 29.2 Å². The predicted molar refractivity (Wildman–Crippen MR) is 145 cm³/mol. The summed E-state index contributed by atoms with van der Waals surface area (Å²) in [6, 6.07) is 11.1. The molecule has 3 N–H and O–H groups in total. The lowest BCUT2D eigenvalue weighted by atomic mass is 9.82. The Bertz CT molecular complexity index is 1020. The van der Waals surface area contributed by atoms with Crippen molar-refractivity contribution in [3.63, 3.8) is 0 Å². The van der Waals surface area contributed by atoms with Crippen LogP contribution in [0, 0.1) is 0 Å². The van der Waals surface area contributed by atoms with Crippen LogP contribution in [0.4, 0.5) is 0 Å². The molecule has 0 saturated heterocycles.